The highest BCUT2D eigenvalue weighted by atomic mass is 16.4. The summed E-state index contributed by atoms with van der Waals surface area (Å²) in [7, 11) is 0. The molecule has 2 atom stereocenters. The van der Waals surface area contributed by atoms with Gasteiger partial charge in [-0.05, 0) is 31.5 Å². The first kappa shape index (κ1) is 12.1. The fourth-order valence-electron chi connectivity index (χ4n) is 2.64. The molecular formula is C14H19NO2. The lowest BCUT2D eigenvalue weighted by molar-refractivity contribution is -0.143. The van der Waals surface area contributed by atoms with Crippen molar-refractivity contribution in [1.29, 1.82) is 0 Å². The van der Waals surface area contributed by atoms with Crippen molar-refractivity contribution in [3.63, 3.8) is 0 Å². The average molecular weight is 233 g/mol. The maximum absolute atomic E-state index is 11.5. The van der Waals surface area contributed by atoms with E-state index in [9.17, 15) is 9.90 Å². The summed E-state index contributed by atoms with van der Waals surface area (Å²) in [6.07, 6.45) is 2.23. The molecule has 92 valence electrons. The molecule has 3 nitrogen and oxygen atoms in total. The van der Waals surface area contributed by atoms with E-state index in [1.807, 2.05) is 37.3 Å². The van der Waals surface area contributed by atoms with Crippen LogP contribution in [0.1, 0.15) is 31.2 Å². The van der Waals surface area contributed by atoms with E-state index in [2.05, 4.69) is 4.90 Å². The van der Waals surface area contributed by atoms with Crippen molar-refractivity contribution in [1.82, 2.24) is 4.90 Å². The zero-order valence-electron chi connectivity index (χ0n) is 10.2. The molecule has 1 aliphatic heterocycles. The van der Waals surface area contributed by atoms with Crippen molar-refractivity contribution in [2.75, 3.05) is 13.1 Å². The lowest BCUT2D eigenvalue weighted by Gasteiger charge is -2.29. The van der Waals surface area contributed by atoms with Gasteiger partial charge in [0.15, 0.2) is 0 Å². The standard InChI is InChI=1S/C14H19NO2/c1-11(12-7-3-2-4-8-12)13(14(16)17)15-9-5-6-10-15/h2-4,7-8,11,13H,5-6,9-10H2,1H3,(H,16,17). The summed E-state index contributed by atoms with van der Waals surface area (Å²) in [6.45, 7) is 3.83. The van der Waals surface area contributed by atoms with Gasteiger partial charge in [0.1, 0.15) is 6.04 Å². The second kappa shape index (κ2) is 5.32. The summed E-state index contributed by atoms with van der Waals surface area (Å²) < 4.78 is 0. The molecule has 1 saturated heterocycles. The van der Waals surface area contributed by atoms with Gasteiger partial charge in [-0.1, -0.05) is 37.3 Å². The van der Waals surface area contributed by atoms with Gasteiger partial charge in [-0.25, -0.2) is 0 Å². The summed E-state index contributed by atoms with van der Waals surface area (Å²) in [5, 5.41) is 9.42. The first-order valence-electron chi connectivity index (χ1n) is 6.22. The molecule has 0 saturated carbocycles. The second-order valence-corrected chi connectivity index (χ2v) is 4.73. The molecule has 2 unspecified atom stereocenters. The summed E-state index contributed by atoms with van der Waals surface area (Å²) in [4.78, 5) is 13.6. The van der Waals surface area contributed by atoms with Crippen molar-refractivity contribution in [3.8, 4) is 0 Å². The molecule has 17 heavy (non-hydrogen) atoms. The summed E-state index contributed by atoms with van der Waals surface area (Å²) in [5.41, 5.74) is 1.10. The molecule has 1 N–H and O–H groups in total. The van der Waals surface area contributed by atoms with Crippen LogP contribution >= 0.6 is 0 Å². The van der Waals surface area contributed by atoms with E-state index in [-0.39, 0.29) is 12.0 Å². The van der Waals surface area contributed by atoms with E-state index in [0.717, 1.165) is 31.5 Å². The van der Waals surface area contributed by atoms with Crippen LogP contribution in [-0.2, 0) is 4.79 Å². The fraction of sp³-hybridized carbons (Fsp3) is 0.500. The third-order valence-electron chi connectivity index (χ3n) is 3.59. The lowest BCUT2D eigenvalue weighted by atomic mass is 9.92. The number of benzene rings is 1. The van der Waals surface area contributed by atoms with Gasteiger partial charge >= 0.3 is 5.97 Å². The monoisotopic (exact) mass is 233 g/mol. The van der Waals surface area contributed by atoms with E-state index in [1.165, 1.54) is 0 Å². The van der Waals surface area contributed by atoms with Crippen LogP contribution < -0.4 is 0 Å². The quantitative estimate of drug-likeness (QED) is 0.867. The van der Waals surface area contributed by atoms with E-state index < -0.39 is 5.97 Å². The molecule has 1 aliphatic rings. The second-order valence-electron chi connectivity index (χ2n) is 4.73. The van der Waals surface area contributed by atoms with Crippen molar-refractivity contribution >= 4 is 5.97 Å². The molecule has 0 radical (unpaired) electrons. The Balaban J connectivity index is 2.18. The number of carboxylic acids is 1. The first-order chi connectivity index (χ1) is 8.20. The SMILES string of the molecule is CC(c1ccccc1)C(C(=O)O)N1CCCC1. The van der Waals surface area contributed by atoms with Crippen LogP contribution in [0.25, 0.3) is 0 Å². The summed E-state index contributed by atoms with van der Waals surface area (Å²) in [6, 6.07) is 9.53. The number of hydrogen-bond donors (Lipinski definition) is 1. The third kappa shape index (κ3) is 2.67. The topological polar surface area (TPSA) is 40.5 Å². The van der Waals surface area contributed by atoms with E-state index in [1.54, 1.807) is 0 Å². The molecule has 0 bridgehead atoms. The van der Waals surface area contributed by atoms with Gasteiger partial charge in [0.2, 0.25) is 0 Å². The van der Waals surface area contributed by atoms with Crippen LogP contribution in [0.4, 0.5) is 0 Å². The molecule has 1 heterocycles. The lowest BCUT2D eigenvalue weighted by Crippen LogP contribution is -2.42. The highest BCUT2D eigenvalue weighted by Crippen LogP contribution is 2.26. The number of carbonyl (C=O) groups is 1. The van der Waals surface area contributed by atoms with Gasteiger partial charge in [-0.3, -0.25) is 9.69 Å². The molecule has 2 rings (SSSR count). The Morgan fingerprint density at radius 1 is 1.24 bits per heavy atom. The van der Waals surface area contributed by atoms with Gasteiger partial charge in [0, 0.05) is 5.92 Å². The zero-order chi connectivity index (χ0) is 12.3. The summed E-state index contributed by atoms with van der Waals surface area (Å²) in [5.74, 6) is -0.671. The highest BCUT2D eigenvalue weighted by Gasteiger charge is 2.33. The number of carboxylic acid groups (broad SMARTS) is 1. The molecule has 0 aromatic heterocycles. The molecule has 1 aromatic rings. The van der Waals surface area contributed by atoms with Crippen LogP contribution in [0.5, 0.6) is 0 Å². The highest BCUT2D eigenvalue weighted by molar-refractivity contribution is 5.75. The number of rotatable bonds is 4. The van der Waals surface area contributed by atoms with E-state index >= 15 is 0 Å². The molecule has 0 spiro atoms. The Hall–Kier alpha value is -1.35. The first-order valence-corrected chi connectivity index (χ1v) is 6.22. The third-order valence-corrected chi connectivity index (χ3v) is 3.59. The Morgan fingerprint density at radius 3 is 2.35 bits per heavy atom. The number of nitrogens with zero attached hydrogens (tertiary/aromatic N) is 1. The Bertz CT molecular complexity index is 371. The minimum absolute atomic E-state index is 0.0341. The number of likely N-dealkylation sites (tertiary alicyclic amines) is 1. The minimum Gasteiger partial charge on any atom is -0.480 e. The fourth-order valence-corrected chi connectivity index (χ4v) is 2.64. The molecule has 0 amide bonds. The Kier molecular flexibility index (Phi) is 3.79. The largest absolute Gasteiger partial charge is 0.480 e. The van der Waals surface area contributed by atoms with Gasteiger partial charge in [0.25, 0.3) is 0 Å². The average Bonchev–Trinajstić information content (AvgIpc) is 2.83. The van der Waals surface area contributed by atoms with Crippen LogP contribution in [0, 0.1) is 0 Å². The van der Waals surface area contributed by atoms with Crippen LogP contribution in [-0.4, -0.2) is 35.1 Å². The normalized spacial score (nSPS) is 20.1. The predicted octanol–water partition coefficient (Wildman–Crippen LogP) is 2.34. The molecule has 0 aliphatic carbocycles. The number of hydrogen-bond acceptors (Lipinski definition) is 2. The van der Waals surface area contributed by atoms with Crippen molar-refractivity contribution in [2.24, 2.45) is 0 Å². The van der Waals surface area contributed by atoms with E-state index in [4.69, 9.17) is 0 Å². The smallest absolute Gasteiger partial charge is 0.321 e. The molecular weight excluding hydrogens is 214 g/mol. The molecule has 1 fully saturated rings. The zero-order valence-corrected chi connectivity index (χ0v) is 10.2. The Labute approximate surface area is 102 Å². The van der Waals surface area contributed by atoms with Gasteiger partial charge in [0.05, 0.1) is 0 Å². The Morgan fingerprint density at radius 2 is 1.82 bits per heavy atom. The predicted molar refractivity (Wildman–Crippen MR) is 67.1 cm³/mol. The van der Waals surface area contributed by atoms with Crippen LogP contribution in [0.3, 0.4) is 0 Å². The van der Waals surface area contributed by atoms with Crippen LogP contribution in [0.15, 0.2) is 30.3 Å². The molecule has 1 aromatic carbocycles. The summed E-state index contributed by atoms with van der Waals surface area (Å²) >= 11 is 0. The van der Waals surface area contributed by atoms with Gasteiger partial charge in [-0.15, -0.1) is 0 Å². The van der Waals surface area contributed by atoms with Crippen molar-refractivity contribution in [3.05, 3.63) is 35.9 Å². The van der Waals surface area contributed by atoms with Gasteiger partial charge in [-0.2, -0.15) is 0 Å². The van der Waals surface area contributed by atoms with E-state index in [0.29, 0.717) is 0 Å². The van der Waals surface area contributed by atoms with Crippen LogP contribution in [0.2, 0.25) is 0 Å². The van der Waals surface area contributed by atoms with Gasteiger partial charge < -0.3 is 5.11 Å². The minimum atomic E-state index is -0.705. The van der Waals surface area contributed by atoms with Crippen molar-refractivity contribution < 1.29 is 9.90 Å². The van der Waals surface area contributed by atoms with Crippen molar-refractivity contribution in [2.45, 2.75) is 31.7 Å². The maximum atomic E-state index is 11.5. The number of aliphatic carboxylic acids is 1. The molecule has 3 heteroatoms. The maximum Gasteiger partial charge on any atom is 0.321 e.